The molecule has 2 atom stereocenters. The van der Waals surface area contributed by atoms with Crippen LogP contribution in [0.4, 0.5) is 10.5 Å². The molecule has 0 aromatic heterocycles. The molecule has 0 spiro atoms. The number of rotatable bonds is 8. The van der Waals surface area contributed by atoms with Gasteiger partial charge in [-0.3, -0.25) is 9.59 Å². The number of esters is 3. The van der Waals surface area contributed by atoms with Crippen molar-refractivity contribution in [1.82, 2.24) is 0 Å². The SMILES string of the molecule is COC(=O)Cc1c(OCC(=O)OC(C)(C)C)cc(COC(=O)C(C)(C)C)cc1N1C[C@@H]2OC(=O)O[C@@H]2C1. The van der Waals surface area contributed by atoms with Gasteiger partial charge in [0.2, 0.25) is 0 Å². The Kier molecular flexibility index (Phi) is 8.24. The van der Waals surface area contributed by atoms with Crippen LogP contribution in [-0.2, 0) is 51.1 Å². The van der Waals surface area contributed by atoms with E-state index in [1.54, 1.807) is 53.7 Å². The van der Waals surface area contributed by atoms with Crippen LogP contribution in [0.3, 0.4) is 0 Å². The molecule has 1 aromatic carbocycles. The molecule has 204 valence electrons. The molecular weight excluding hydrogens is 486 g/mol. The number of anilines is 1. The highest BCUT2D eigenvalue weighted by Crippen LogP contribution is 2.37. The fourth-order valence-corrected chi connectivity index (χ4v) is 3.89. The summed E-state index contributed by atoms with van der Waals surface area (Å²) in [5.41, 5.74) is 0.233. The summed E-state index contributed by atoms with van der Waals surface area (Å²) in [6.07, 6.45) is -1.79. The quantitative estimate of drug-likeness (QED) is 0.370. The predicted molar refractivity (Wildman–Crippen MR) is 130 cm³/mol. The van der Waals surface area contributed by atoms with Gasteiger partial charge in [-0.1, -0.05) is 0 Å². The molecule has 0 unspecified atom stereocenters. The molecule has 0 saturated carbocycles. The number of hydrogen-bond donors (Lipinski definition) is 0. The molecule has 0 bridgehead atoms. The van der Waals surface area contributed by atoms with Crippen molar-refractivity contribution in [3.8, 4) is 5.75 Å². The Morgan fingerprint density at radius 3 is 2.16 bits per heavy atom. The maximum atomic E-state index is 12.4. The molecule has 0 aliphatic carbocycles. The summed E-state index contributed by atoms with van der Waals surface area (Å²) in [6.45, 7) is 10.7. The van der Waals surface area contributed by atoms with Crippen LogP contribution in [0.2, 0.25) is 0 Å². The van der Waals surface area contributed by atoms with Crippen LogP contribution >= 0.6 is 0 Å². The maximum absolute atomic E-state index is 12.4. The number of nitrogens with zero attached hydrogens (tertiary/aromatic N) is 1. The molecule has 0 N–H and O–H groups in total. The van der Waals surface area contributed by atoms with Crippen LogP contribution < -0.4 is 9.64 Å². The first-order chi connectivity index (χ1) is 17.2. The lowest BCUT2D eigenvalue weighted by Crippen LogP contribution is -2.28. The summed E-state index contributed by atoms with van der Waals surface area (Å²) < 4.78 is 32.0. The van der Waals surface area contributed by atoms with Crippen molar-refractivity contribution in [2.75, 3.05) is 31.7 Å². The predicted octanol–water partition coefficient (Wildman–Crippen LogP) is 2.94. The fourth-order valence-electron chi connectivity index (χ4n) is 3.89. The summed E-state index contributed by atoms with van der Waals surface area (Å²) in [4.78, 5) is 50.5. The van der Waals surface area contributed by atoms with Crippen molar-refractivity contribution in [1.29, 1.82) is 0 Å². The standard InChI is InChI=1S/C26H35NO10/c1-25(2,3)23(30)34-13-15-8-17(27-11-19-20(12-27)36-24(31)35-19)16(10-21(28)32-7)18(9-15)33-14-22(29)37-26(4,5)6/h8-9,19-20H,10-14H2,1-7H3/t19-,20+. The number of methoxy groups -OCH3 is 1. The van der Waals surface area contributed by atoms with E-state index in [4.69, 9.17) is 28.4 Å². The molecule has 11 heteroatoms. The van der Waals surface area contributed by atoms with Gasteiger partial charge in [-0.15, -0.1) is 0 Å². The van der Waals surface area contributed by atoms with Crippen molar-refractivity contribution < 1.29 is 47.6 Å². The summed E-state index contributed by atoms with van der Waals surface area (Å²) >= 11 is 0. The van der Waals surface area contributed by atoms with Crippen molar-refractivity contribution in [3.63, 3.8) is 0 Å². The highest BCUT2D eigenvalue weighted by molar-refractivity contribution is 5.79. The summed E-state index contributed by atoms with van der Waals surface area (Å²) in [7, 11) is 1.27. The molecule has 37 heavy (non-hydrogen) atoms. The topological polar surface area (TPSA) is 127 Å². The molecule has 0 amide bonds. The maximum Gasteiger partial charge on any atom is 0.509 e. The van der Waals surface area contributed by atoms with Crippen molar-refractivity contribution >= 4 is 29.8 Å². The zero-order valence-corrected chi connectivity index (χ0v) is 22.4. The van der Waals surface area contributed by atoms with Gasteiger partial charge in [0.05, 0.1) is 32.0 Å². The molecule has 0 radical (unpaired) electrons. The van der Waals surface area contributed by atoms with Crippen LogP contribution in [0.5, 0.6) is 5.75 Å². The highest BCUT2D eigenvalue weighted by atomic mass is 16.8. The molecule has 1 aromatic rings. The minimum absolute atomic E-state index is 0.0589. The van der Waals surface area contributed by atoms with E-state index in [-0.39, 0.29) is 24.7 Å². The number of hydrogen-bond acceptors (Lipinski definition) is 11. The lowest BCUT2D eigenvalue weighted by Gasteiger charge is -2.26. The summed E-state index contributed by atoms with van der Waals surface area (Å²) in [5.74, 6) is -1.25. The second kappa shape index (κ2) is 10.9. The van der Waals surface area contributed by atoms with E-state index < -0.39 is 47.9 Å². The Labute approximate surface area is 216 Å². The van der Waals surface area contributed by atoms with Gasteiger partial charge in [0.25, 0.3) is 0 Å². The molecule has 2 fully saturated rings. The van der Waals surface area contributed by atoms with Gasteiger partial charge >= 0.3 is 24.1 Å². The van der Waals surface area contributed by atoms with Crippen LogP contribution in [0, 0.1) is 5.41 Å². The largest absolute Gasteiger partial charge is 0.509 e. The fraction of sp³-hybridized carbons (Fsp3) is 0.615. The van der Waals surface area contributed by atoms with Crippen LogP contribution in [0.15, 0.2) is 12.1 Å². The normalized spacial score (nSPS) is 19.0. The molecular formula is C26H35NO10. The lowest BCUT2D eigenvalue weighted by molar-refractivity contribution is -0.157. The van der Waals surface area contributed by atoms with E-state index in [0.29, 0.717) is 29.9 Å². The average Bonchev–Trinajstić information content (AvgIpc) is 3.32. The first kappa shape index (κ1) is 28.1. The Balaban J connectivity index is 1.96. The first-order valence-electron chi connectivity index (χ1n) is 12.0. The Morgan fingerprint density at radius 2 is 1.62 bits per heavy atom. The Hall–Kier alpha value is -3.50. The van der Waals surface area contributed by atoms with Gasteiger partial charge < -0.3 is 33.3 Å². The van der Waals surface area contributed by atoms with Gasteiger partial charge in [-0.2, -0.15) is 0 Å². The molecule has 2 saturated heterocycles. The van der Waals surface area contributed by atoms with Gasteiger partial charge in [-0.05, 0) is 59.2 Å². The molecule has 2 aliphatic rings. The lowest BCUT2D eigenvalue weighted by atomic mass is 9.97. The number of carbonyl (C=O) groups is 4. The summed E-state index contributed by atoms with van der Waals surface area (Å²) in [5, 5.41) is 0. The van der Waals surface area contributed by atoms with E-state index in [2.05, 4.69) is 0 Å². The molecule has 2 aliphatic heterocycles. The Bertz CT molecular complexity index is 1040. The monoisotopic (exact) mass is 521 g/mol. The minimum Gasteiger partial charge on any atom is -0.482 e. The van der Waals surface area contributed by atoms with Crippen molar-refractivity contribution in [2.45, 2.75) is 72.4 Å². The zero-order valence-electron chi connectivity index (χ0n) is 22.4. The minimum atomic E-state index is -0.714. The third-order valence-corrected chi connectivity index (χ3v) is 5.59. The second-order valence-corrected chi connectivity index (χ2v) is 11.0. The van der Waals surface area contributed by atoms with Crippen LogP contribution in [0.25, 0.3) is 0 Å². The van der Waals surface area contributed by atoms with E-state index in [1.165, 1.54) is 7.11 Å². The summed E-state index contributed by atoms with van der Waals surface area (Å²) in [6, 6.07) is 3.40. The zero-order chi connectivity index (χ0) is 27.5. The molecule has 11 nitrogen and oxygen atoms in total. The van der Waals surface area contributed by atoms with Gasteiger partial charge in [0.15, 0.2) is 18.8 Å². The van der Waals surface area contributed by atoms with Crippen LogP contribution in [-0.4, -0.2) is 68.7 Å². The average molecular weight is 522 g/mol. The highest BCUT2D eigenvalue weighted by Gasteiger charge is 2.45. The van der Waals surface area contributed by atoms with Crippen molar-refractivity contribution in [3.05, 3.63) is 23.3 Å². The van der Waals surface area contributed by atoms with E-state index in [0.717, 1.165) is 0 Å². The Morgan fingerprint density at radius 1 is 1.00 bits per heavy atom. The van der Waals surface area contributed by atoms with Gasteiger partial charge in [0, 0.05) is 11.3 Å². The van der Waals surface area contributed by atoms with Crippen LogP contribution in [0.1, 0.15) is 52.7 Å². The third-order valence-electron chi connectivity index (χ3n) is 5.59. The van der Waals surface area contributed by atoms with E-state index in [9.17, 15) is 19.2 Å². The number of benzene rings is 1. The first-order valence-corrected chi connectivity index (χ1v) is 12.0. The molecule has 2 heterocycles. The van der Waals surface area contributed by atoms with Gasteiger partial charge in [0.1, 0.15) is 18.0 Å². The second-order valence-electron chi connectivity index (χ2n) is 11.0. The number of ether oxygens (including phenoxy) is 6. The van der Waals surface area contributed by atoms with Crippen molar-refractivity contribution in [2.24, 2.45) is 5.41 Å². The smallest absolute Gasteiger partial charge is 0.482 e. The number of fused-ring (bicyclic) bond motifs is 1. The number of carbonyl (C=O) groups excluding carboxylic acids is 4. The van der Waals surface area contributed by atoms with E-state index in [1.807, 2.05) is 4.90 Å². The van der Waals surface area contributed by atoms with Gasteiger partial charge in [-0.25, -0.2) is 9.59 Å². The third kappa shape index (κ3) is 7.50. The van der Waals surface area contributed by atoms with E-state index >= 15 is 0 Å². The molecule has 3 rings (SSSR count).